The van der Waals surface area contributed by atoms with Gasteiger partial charge in [0, 0.05) is 18.5 Å². The number of halogens is 3. The topological polar surface area (TPSA) is 96.2 Å². The standard InChI is InChI=1S/C17H15F3N4O4S/c1-27-10-4-6-12(13(8-10)28-2)15-22-16(17(18,19)20)23-24(15)14-7-5-11(9-21-14)29(3,25)26/h4-9H,1-3H3. The van der Waals surface area contributed by atoms with Crippen LogP contribution in [-0.4, -0.2) is 48.6 Å². The first-order valence-corrected chi connectivity index (χ1v) is 9.87. The quantitative estimate of drug-likeness (QED) is 0.617. The van der Waals surface area contributed by atoms with E-state index in [1.807, 2.05) is 0 Å². The molecule has 0 amide bonds. The van der Waals surface area contributed by atoms with Gasteiger partial charge in [-0.1, -0.05) is 0 Å². The summed E-state index contributed by atoms with van der Waals surface area (Å²) in [6.07, 6.45) is -2.77. The van der Waals surface area contributed by atoms with Gasteiger partial charge >= 0.3 is 6.18 Å². The van der Waals surface area contributed by atoms with Crippen molar-refractivity contribution in [1.29, 1.82) is 0 Å². The molecule has 0 N–H and O–H groups in total. The summed E-state index contributed by atoms with van der Waals surface area (Å²) < 4.78 is 74.1. The average Bonchev–Trinajstić information content (AvgIpc) is 3.12. The van der Waals surface area contributed by atoms with Gasteiger partial charge in [0.1, 0.15) is 11.5 Å². The Morgan fingerprint density at radius 1 is 1.07 bits per heavy atom. The summed E-state index contributed by atoms with van der Waals surface area (Å²) in [6, 6.07) is 6.96. The van der Waals surface area contributed by atoms with Crippen molar-refractivity contribution >= 4 is 9.84 Å². The Balaban J connectivity index is 2.22. The van der Waals surface area contributed by atoms with Crippen molar-refractivity contribution in [3.63, 3.8) is 0 Å². The highest BCUT2D eigenvalue weighted by atomic mass is 32.2. The third-order valence-corrected chi connectivity index (χ3v) is 4.97. The van der Waals surface area contributed by atoms with E-state index in [0.29, 0.717) is 5.75 Å². The molecule has 0 unspecified atom stereocenters. The summed E-state index contributed by atoms with van der Waals surface area (Å²) in [5.74, 6) is -0.966. The number of benzene rings is 1. The zero-order valence-electron chi connectivity index (χ0n) is 15.4. The van der Waals surface area contributed by atoms with E-state index in [4.69, 9.17) is 9.47 Å². The third kappa shape index (κ3) is 4.16. The van der Waals surface area contributed by atoms with Crippen LogP contribution in [0.2, 0.25) is 0 Å². The molecule has 29 heavy (non-hydrogen) atoms. The molecule has 2 aromatic heterocycles. The minimum atomic E-state index is -4.80. The Morgan fingerprint density at radius 3 is 2.31 bits per heavy atom. The summed E-state index contributed by atoms with van der Waals surface area (Å²) in [5, 5.41) is 3.52. The molecule has 3 aromatic rings. The van der Waals surface area contributed by atoms with Crippen molar-refractivity contribution in [2.45, 2.75) is 11.1 Å². The van der Waals surface area contributed by atoms with Gasteiger partial charge in [0.25, 0.3) is 5.82 Å². The second-order valence-corrected chi connectivity index (χ2v) is 7.87. The molecule has 0 atom stereocenters. The zero-order valence-corrected chi connectivity index (χ0v) is 16.2. The largest absolute Gasteiger partial charge is 0.497 e. The van der Waals surface area contributed by atoms with Crippen LogP contribution < -0.4 is 9.47 Å². The summed E-state index contributed by atoms with van der Waals surface area (Å²) in [4.78, 5) is 7.46. The highest BCUT2D eigenvalue weighted by Gasteiger charge is 2.38. The molecule has 1 aromatic carbocycles. The summed E-state index contributed by atoms with van der Waals surface area (Å²) in [6.45, 7) is 0. The Kier molecular flexibility index (Phi) is 5.22. The number of sulfone groups is 1. The van der Waals surface area contributed by atoms with Crippen LogP contribution in [0.4, 0.5) is 13.2 Å². The van der Waals surface area contributed by atoms with E-state index in [1.165, 1.54) is 44.6 Å². The predicted octanol–water partition coefficient (Wildman–Crippen LogP) is 2.77. The molecule has 0 aliphatic carbocycles. The Labute approximate surface area is 163 Å². The van der Waals surface area contributed by atoms with Gasteiger partial charge in [-0.15, -0.1) is 5.10 Å². The van der Waals surface area contributed by atoms with Crippen LogP contribution in [-0.2, 0) is 16.0 Å². The van der Waals surface area contributed by atoms with Crippen LogP contribution in [0.25, 0.3) is 17.2 Å². The maximum Gasteiger partial charge on any atom is 0.453 e. The van der Waals surface area contributed by atoms with Crippen LogP contribution in [0.5, 0.6) is 11.5 Å². The van der Waals surface area contributed by atoms with E-state index in [9.17, 15) is 21.6 Å². The van der Waals surface area contributed by atoms with Crippen molar-refractivity contribution in [2.24, 2.45) is 0 Å². The van der Waals surface area contributed by atoms with Crippen molar-refractivity contribution in [3.8, 4) is 28.7 Å². The van der Waals surface area contributed by atoms with Crippen LogP contribution >= 0.6 is 0 Å². The van der Waals surface area contributed by atoms with Gasteiger partial charge in [-0.25, -0.2) is 18.4 Å². The minimum Gasteiger partial charge on any atom is -0.497 e. The van der Waals surface area contributed by atoms with Gasteiger partial charge < -0.3 is 9.47 Å². The van der Waals surface area contributed by atoms with E-state index >= 15 is 0 Å². The van der Waals surface area contributed by atoms with Crippen molar-refractivity contribution in [2.75, 3.05) is 20.5 Å². The number of nitrogens with zero attached hydrogens (tertiary/aromatic N) is 4. The van der Waals surface area contributed by atoms with Gasteiger partial charge in [0.2, 0.25) is 0 Å². The number of aromatic nitrogens is 4. The lowest BCUT2D eigenvalue weighted by molar-refractivity contribution is -0.144. The highest BCUT2D eigenvalue weighted by molar-refractivity contribution is 7.90. The number of rotatable bonds is 5. The molecule has 0 bridgehead atoms. The van der Waals surface area contributed by atoms with Crippen molar-refractivity contribution in [1.82, 2.24) is 19.7 Å². The van der Waals surface area contributed by atoms with E-state index in [1.54, 1.807) is 0 Å². The van der Waals surface area contributed by atoms with Gasteiger partial charge in [0.05, 0.1) is 24.7 Å². The van der Waals surface area contributed by atoms with E-state index in [0.717, 1.165) is 17.1 Å². The third-order valence-electron chi connectivity index (χ3n) is 3.88. The lowest BCUT2D eigenvalue weighted by atomic mass is 10.1. The number of pyridine rings is 1. The van der Waals surface area contributed by atoms with Crippen LogP contribution in [0.1, 0.15) is 5.82 Å². The molecule has 0 spiro atoms. The number of alkyl halides is 3. The smallest absolute Gasteiger partial charge is 0.453 e. The first-order chi connectivity index (χ1) is 13.5. The fraction of sp³-hybridized carbons (Fsp3) is 0.235. The molecular weight excluding hydrogens is 413 g/mol. The molecule has 154 valence electrons. The van der Waals surface area contributed by atoms with E-state index in [2.05, 4.69) is 15.1 Å². The monoisotopic (exact) mass is 428 g/mol. The molecular formula is C17H15F3N4O4S. The lowest BCUT2D eigenvalue weighted by Gasteiger charge is -2.11. The summed E-state index contributed by atoms with van der Waals surface area (Å²) in [5.41, 5.74) is 0.213. The number of ether oxygens (including phenoxy) is 2. The van der Waals surface area contributed by atoms with Crippen molar-refractivity contribution in [3.05, 3.63) is 42.4 Å². The first-order valence-electron chi connectivity index (χ1n) is 7.97. The number of hydrogen-bond donors (Lipinski definition) is 0. The normalized spacial score (nSPS) is 12.1. The molecule has 8 nitrogen and oxygen atoms in total. The van der Waals surface area contributed by atoms with E-state index in [-0.39, 0.29) is 27.9 Å². The van der Waals surface area contributed by atoms with Gasteiger partial charge in [-0.2, -0.15) is 17.9 Å². The predicted molar refractivity (Wildman–Crippen MR) is 95.8 cm³/mol. The molecule has 0 saturated carbocycles. The summed E-state index contributed by atoms with van der Waals surface area (Å²) in [7, 11) is -0.736. The molecule has 0 aliphatic heterocycles. The van der Waals surface area contributed by atoms with Crippen molar-refractivity contribution < 1.29 is 31.1 Å². The fourth-order valence-corrected chi connectivity index (χ4v) is 3.03. The maximum atomic E-state index is 13.2. The lowest BCUT2D eigenvalue weighted by Crippen LogP contribution is -2.09. The highest BCUT2D eigenvalue weighted by Crippen LogP contribution is 2.35. The molecule has 0 saturated heterocycles. The molecule has 12 heteroatoms. The fourth-order valence-electron chi connectivity index (χ4n) is 2.47. The maximum absolute atomic E-state index is 13.2. The molecule has 0 aliphatic rings. The SMILES string of the molecule is COc1ccc(-c2nc(C(F)(F)F)nn2-c2ccc(S(C)(=O)=O)cn2)c(OC)c1. The first kappa shape index (κ1) is 20.6. The number of methoxy groups -OCH3 is 2. The minimum absolute atomic E-state index is 0.0479. The molecule has 3 rings (SSSR count). The van der Waals surface area contributed by atoms with Gasteiger partial charge in [-0.3, -0.25) is 0 Å². The second-order valence-electron chi connectivity index (χ2n) is 5.86. The van der Waals surface area contributed by atoms with Crippen LogP contribution in [0.15, 0.2) is 41.4 Å². The zero-order chi connectivity index (χ0) is 21.4. The Hall–Kier alpha value is -3.15. The Morgan fingerprint density at radius 2 is 1.79 bits per heavy atom. The van der Waals surface area contributed by atoms with Crippen LogP contribution in [0.3, 0.4) is 0 Å². The van der Waals surface area contributed by atoms with Crippen LogP contribution in [0, 0.1) is 0 Å². The molecule has 0 fully saturated rings. The molecule has 0 radical (unpaired) electrons. The van der Waals surface area contributed by atoms with E-state index < -0.39 is 21.8 Å². The summed E-state index contributed by atoms with van der Waals surface area (Å²) >= 11 is 0. The second kappa shape index (κ2) is 7.35. The number of hydrogen-bond acceptors (Lipinski definition) is 7. The van der Waals surface area contributed by atoms with Gasteiger partial charge in [0.15, 0.2) is 21.5 Å². The van der Waals surface area contributed by atoms with Gasteiger partial charge in [-0.05, 0) is 24.3 Å². The Bertz CT molecular complexity index is 1140. The average molecular weight is 428 g/mol. The molecule has 2 heterocycles.